The lowest BCUT2D eigenvalue weighted by atomic mass is 10.0. The molecule has 3 aromatic heterocycles. The Morgan fingerprint density at radius 2 is 2.10 bits per heavy atom. The first-order chi connectivity index (χ1) is 14.3. The maximum absolute atomic E-state index is 13.0. The summed E-state index contributed by atoms with van der Waals surface area (Å²) in [6.07, 6.45) is 3.47. The Kier molecular flexibility index (Phi) is 4.89. The van der Waals surface area contributed by atoms with Gasteiger partial charge in [0.25, 0.3) is 0 Å². The number of nitrogens with zero attached hydrogens (tertiary/aromatic N) is 3. The van der Waals surface area contributed by atoms with Gasteiger partial charge in [0, 0.05) is 41.2 Å². The average molecular weight is 395 g/mol. The lowest BCUT2D eigenvalue weighted by molar-refractivity contribution is -0.117. The van der Waals surface area contributed by atoms with Crippen LogP contribution in [0.3, 0.4) is 0 Å². The Labute approximate surface area is 169 Å². The number of aliphatic hydroxyl groups is 1. The topological polar surface area (TPSA) is 88.0 Å². The van der Waals surface area contributed by atoms with Gasteiger partial charge in [-0.3, -0.25) is 14.8 Å². The highest BCUT2D eigenvalue weighted by atomic mass is 19.1. The molecule has 1 aliphatic rings. The molecule has 0 aliphatic heterocycles. The summed E-state index contributed by atoms with van der Waals surface area (Å²) in [6.45, 7) is 3.82. The van der Waals surface area contributed by atoms with E-state index < -0.39 is 18.2 Å². The molecule has 1 aliphatic carbocycles. The first kappa shape index (κ1) is 18.1. The zero-order chi connectivity index (χ0) is 21.5. The van der Waals surface area contributed by atoms with Crippen LogP contribution >= 0.6 is 0 Å². The van der Waals surface area contributed by atoms with Gasteiger partial charge in [-0.15, -0.1) is 0 Å². The SMILES string of the molecule is [2H][C@@](O)(CCC)c1cc(C)c(-c2cnc3cc(NC(=O)[C@H]4C[C@H]4F)ncc3c2)cn1. The summed E-state index contributed by atoms with van der Waals surface area (Å²) in [5.41, 5.74) is 3.54. The van der Waals surface area contributed by atoms with Crippen molar-refractivity contribution < 1.29 is 15.7 Å². The van der Waals surface area contributed by atoms with Crippen LogP contribution in [0.15, 0.2) is 36.8 Å². The quantitative estimate of drug-likeness (QED) is 0.655. The van der Waals surface area contributed by atoms with Gasteiger partial charge in [-0.2, -0.15) is 0 Å². The van der Waals surface area contributed by atoms with Crippen LogP contribution in [-0.2, 0) is 4.79 Å². The van der Waals surface area contributed by atoms with Gasteiger partial charge in [0.2, 0.25) is 5.91 Å². The number of carbonyl (C=O) groups excluding carboxylic acids is 1. The highest BCUT2D eigenvalue weighted by Crippen LogP contribution is 2.34. The second-order valence-electron chi connectivity index (χ2n) is 7.41. The largest absolute Gasteiger partial charge is 0.387 e. The van der Waals surface area contributed by atoms with E-state index in [0.717, 1.165) is 22.1 Å². The fraction of sp³-hybridized carbons (Fsp3) is 0.364. The third-order valence-corrected chi connectivity index (χ3v) is 5.07. The number of hydrogen-bond donors (Lipinski definition) is 2. The standard InChI is InChI=1S/C22H23FN4O2/c1-3-4-20(28)19-5-12(2)16(11-25-19)13-6-14-10-26-21(8-18(14)24-9-13)27-22(29)15-7-17(15)23/h5-6,8-11,15,17,20,28H,3-4,7H2,1-2H3,(H,26,27,29)/t15-,17+,20+/m0/s1/i20D. The Hall–Kier alpha value is -2.93. The molecule has 3 heterocycles. The van der Waals surface area contributed by atoms with Crippen molar-refractivity contribution in [3.63, 3.8) is 0 Å². The smallest absolute Gasteiger partial charge is 0.231 e. The van der Waals surface area contributed by atoms with E-state index in [1.165, 1.54) is 0 Å². The van der Waals surface area contributed by atoms with Crippen LogP contribution in [-0.4, -0.2) is 32.1 Å². The van der Waals surface area contributed by atoms with Gasteiger partial charge in [-0.05, 0) is 37.5 Å². The van der Waals surface area contributed by atoms with Crippen LogP contribution in [0.1, 0.15) is 44.9 Å². The van der Waals surface area contributed by atoms with Crippen molar-refractivity contribution in [1.82, 2.24) is 15.0 Å². The van der Waals surface area contributed by atoms with E-state index in [9.17, 15) is 14.3 Å². The van der Waals surface area contributed by atoms with Crippen LogP contribution in [0.25, 0.3) is 22.0 Å². The summed E-state index contributed by atoms with van der Waals surface area (Å²) in [5, 5.41) is 13.7. The van der Waals surface area contributed by atoms with Crippen molar-refractivity contribution in [3.8, 4) is 11.1 Å². The molecule has 0 spiro atoms. The number of alkyl halides is 1. The van der Waals surface area contributed by atoms with E-state index in [1.54, 1.807) is 30.7 Å². The lowest BCUT2D eigenvalue weighted by Gasteiger charge is -2.12. The molecule has 1 fully saturated rings. The number of halogens is 1. The number of amides is 1. The monoisotopic (exact) mass is 395 g/mol. The summed E-state index contributed by atoms with van der Waals surface area (Å²) in [7, 11) is 0. The van der Waals surface area contributed by atoms with E-state index in [0.29, 0.717) is 29.9 Å². The molecular formula is C22H23FN4O2. The van der Waals surface area contributed by atoms with Crippen molar-refractivity contribution in [2.75, 3.05) is 5.32 Å². The summed E-state index contributed by atoms with van der Waals surface area (Å²) >= 11 is 0. The van der Waals surface area contributed by atoms with Crippen molar-refractivity contribution in [1.29, 1.82) is 0 Å². The van der Waals surface area contributed by atoms with Gasteiger partial charge >= 0.3 is 0 Å². The minimum absolute atomic E-state index is 0.267. The van der Waals surface area contributed by atoms with E-state index in [4.69, 9.17) is 1.37 Å². The number of aryl methyl sites for hydroxylation is 1. The second-order valence-corrected chi connectivity index (χ2v) is 7.41. The molecule has 1 saturated carbocycles. The number of fused-ring (bicyclic) bond motifs is 1. The number of anilines is 1. The van der Waals surface area contributed by atoms with Crippen LogP contribution in [0.5, 0.6) is 0 Å². The summed E-state index contributed by atoms with van der Waals surface area (Å²) in [6, 6.07) is 5.31. The molecule has 3 aromatic rings. The number of hydrogen-bond acceptors (Lipinski definition) is 5. The van der Waals surface area contributed by atoms with Crippen molar-refractivity contribution in [2.24, 2.45) is 5.92 Å². The van der Waals surface area contributed by atoms with Gasteiger partial charge in [0.05, 0.1) is 24.6 Å². The molecule has 7 heteroatoms. The van der Waals surface area contributed by atoms with Crippen LogP contribution in [0.4, 0.5) is 10.2 Å². The highest BCUT2D eigenvalue weighted by molar-refractivity contribution is 5.95. The van der Waals surface area contributed by atoms with E-state index in [2.05, 4.69) is 20.3 Å². The van der Waals surface area contributed by atoms with Gasteiger partial charge in [-0.1, -0.05) is 13.3 Å². The van der Waals surface area contributed by atoms with Crippen LogP contribution in [0, 0.1) is 12.8 Å². The normalized spacial score (nSPS) is 20.8. The predicted molar refractivity (Wildman–Crippen MR) is 109 cm³/mol. The molecule has 0 bridgehead atoms. The van der Waals surface area contributed by atoms with E-state index in [1.807, 2.05) is 19.9 Å². The Balaban J connectivity index is 1.59. The molecular weight excluding hydrogens is 371 g/mol. The molecule has 0 saturated heterocycles. The molecule has 0 unspecified atom stereocenters. The summed E-state index contributed by atoms with van der Waals surface area (Å²) in [5.74, 6) is -0.583. The number of carbonyl (C=O) groups is 1. The first-order valence-corrected chi connectivity index (χ1v) is 9.69. The average Bonchev–Trinajstić information content (AvgIpc) is 3.44. The molecule has 0 radical (unpaired) electrons. The van der Waals surface area contributed by atoms with Crippen molar-refractivity contribution >= 4 is 22.6 Å². The summed E-state index contributed by atoms with van der Waals surface area (Å²) in [4.78, 5) is 24.9. The highest BCUT2D eigenvalue weighted by Gasteiger charge is 2.43. The molecule has 1 amide bonds. The predicted octanol–water partition coefficient (Wildman–Crippen LogP) is 4.13. The number of pyridine rings is 3. The Morgan fingerprint density at radius 1 is 1.31 bits per heavy atom. The minimum atomic E-state index is -1.70. The van der Waals surface area contributed by atoms with E-state index in [-0.39, 0.29) is 12.3 Å². The number of nitrogens with one attached hydrogen (secondary N) is 1. The fourth-order valence-corrected chi connectivity index (χ4v) is 3.27. The third-order valence-electron chi connectivity index (χ3n) is 5.07. The van der Waals surface area contributed by atoms with Crippen LogP contribution in [0.2, 0.25) is 0 Å². The minimum Gasteiger partial charge on any atom is -0.387 e. The van der Waals surface area contributed by atoms with Gasteiger partial charge in [-0.25, -0.2) is 9.37 Å². The fourth-order valence-electron chi connectivity index (χ4n) is 3.27. The molecule has 6 nitrogen and oxygen atoms in total. The summed E-state index contributed by atoms with van der Waals surface area (Å²) < 4.78 is 21.1. The van der Waals surface area contributed by atoms with Crippen LogP contribution < -0.4 is 5.32 Å². The molecule has 4 rings (SSSR count). The Bertz CT molecular complexity index is 1120. The lowest BCUT2D eigenvalue weighted by Crippen LogP contribution is -2.15. The zero-order valence-electron chi connectivity index (χ0n) is 17.3. The molecule has 2 N–H and O–H groups in total. The number of aromatic nitrogens is 3. The first-order valence-electron chi connectivity index (χ1n) is 10.2. The van der Waals surface area contributed by atoms with E-state index >= 15 is 0 Å². The molecule has 29 heavy (non-hydrogen) atoms. The third kappa shape index (κ3) is 4.10. The van der Waals surface area contributed by atoms with Crippen molar-refractivity contribution in [2.45, 2.75) is 45.4 Å². The van der Waals surface area contributed by atoms with Crippen molar-refractivity contribution in [3.05, 3.63) is 48.0 Å². The maximum Gasteiger partial charge on any atom is 0.231 e. The van der Waals surface area contributed by atoms with Gasteiger partial charge < -0.3 is 10.4 Å². The Morgan fingerprint density at radius 3 is 2.79 bits per heavy atom. The maximum atomic E-state index is 13.0. The zero-order valence-corrected chi connectivity index (χ0v) is 16.3. The molecule has 150 valence electrons. The van der Waals surface area contributed by atoms with Gasteiger partial charge in [0.1, 0.15) is 12.0 Å². The molecule has 0 aromatic carbocycles. The number of rotatable bonds is 6. The molecule has 3 atom stereocenters. The second kappa shape index (κ2) is 7.83. The van der Waals surface area contributed by atoms with Gasteiger partial charge in [0.15, 0.2) is 0 Å².